The van der Waals surface area contributed by atoms with Crippen LogP contribution in [0.25, 0.3) is 0 Å². The molecular weight excluding hydrogens is 314 g/mol. The van der Waals surface area contributed by atoms with Crippen molar-refractivity contribution in [2.75, 3.05) is 0 Å². The van der Waals surface area contributed by atoms with Gasteiger partial charge >= 0.3 is 0 Å². The minimum absolute atomic E-state index is 0.0485. The zero-order chi connectivity index (χ0) is 18.4. The molecule has 3 aliphatic carbocycles. The Hall–Kier alpha value is -0.510. The molecule has 3 aliphatic rings. The van der Waals surface area contributed by atoms with Crippen LogP contribution in [0.2, 0.25) is 0 Å². The molecule has 0 bridgehead atoms. The summed E-state index contributed by atoms with van der Waals surface area (Å²) < 4.78 is 0. The molecule has 26 heavy (non-hydrogen) atoms. The Labute approximate surface area is 163 Å². The summed E-state index contributed by atoms with van der Waals surface area (Å²) in [5.41, 5.74) is 0.0485. The van der Waals surface area contributed by atoms with Crippen LogP contribution in [-0.2, 0) is 0 Å². The van der Waals surface area contributed by atoms with Crippen molar-refractivity contribution in [3.63, 3.8) is 0 Å². The van der Waals surface area contributed by atoms with E-state index >= 15 is 0 Å². The highest BCUT2D eigenvalue weighted by Gasteiger charge is 2.44. The minimum Gasteiger partial charge on any atom is -0.198 e. The third kappa shape index (κ3) is 4.66. The van der Waals surface area contributed by atoms with Gasteiger partial charge in [0.15, 0.2) is 0 Å². The predicted molar refractivity (Wildman–Crippen MR) is 111 cm³/mol. The van der Waals surface area contributed by atoms with Gasteiger partial charge in [-0.1, -0.05) is 65.2 Å². The van der Waals surface area contributed by atoms with Crippen molar-refractivity contribution in [1.82, 2.24) is 0 Å². The van der Waals surface area contributed by atoms with Crippen LogP contribution in [-0.4, -0.2) is 0 Å². The van der Waals surface area contributed by atoms with Crippen LogP contribution in [0.15, 0.2) is 0 Å². The van der Waals surface area contributed by atoms with Crippen LogP contribution < -0.4 is 0 Å². The van der Waals surface area contributed by atoms with Crippen LogP contribution in [0, 0.1) is 46.3 Å². The van der Waals surface area contributed by atoms with E-state index in [1.807, 2.05) is 0 Å². The molecule has 0 saturated heterocycles. The van der Waals surface area contributed by atoms with Crippen molar-refractivity contribution in [3.05, 3.63) is 0 Å². The molecule has 1 nitrogen and oxygen atoms in total. The molecule has 148 valence electrons. The third-order valence-corrected chi connectivity index (χ3v) is 8.87. The summed E-state index contributed by atoms with van der Waals surface area (Å²) in [6, 6.07) is 2.88. The molecule has 3 fully saturated rings. The van der Waals surface area contributed by atoms with Crippen molar-refractivity contribution in [2.45, 2.75) is 117 Å². The molecule has 0 radical (unpaired) electrons. The fourth-order valence-corrected chi connectivity index (χ4v) is 6.80. The van der Waals surface area contributed by atoms with E-state index in [0.29, 0.717) is 5.92 Å². The van der Waals surface area contributed by atoms with Crippen LogP contribution in [0.1, 0.15) is 117 Å². The van der Waals surface area contributed by atoms with E-state index in [9.17, 15) is 5.26 Å². The Bertz CT molecular complexity index is 437. The molecule has 0 amide bonds. The topological polar surface area (TPSA) is 23.8 Å². The molecule has 0 unspecified atom stereocenters. The number of nitrogens with zero attached hydrogens (tertiary/aromatic N) is 1. The molecule has 0 N–H and O–H groups in total. The normalized spacial score (nSPS) is 41.5. The van der Waals surface area contributed by atoms with E-state index in [1.54, 1.807) is 0 Å². The third-order valence-electron chi connectivity index (χ3n) is 8.87. The predicted octanol–water partition coefficient (Wildman–Crippen LogP) is 7.90. The van der Waals surface area contributed by atoms with Gasteiger partial charge in [0.2, 0.25) is 0 Å². The van der Waals surface area contributed by atoms with Gasteiger partial charge in [-0.15, -0.1) is 0 Å². The van der Waals surface area contributed by atoms with E-state index in [-0.39, 0.29) is 5.41 Å². The van der Waals surface area contributed by atoms with Gasteiger partial charge < -0.3 is 0 Å². The maximum Gasteiger partial charge on any atom is 0.0692 e. The summed E-state index contributed by atoms with van der Waals surface area (Å²) >= 11 is 0. The van der Waals surface area contributed by atoms with Gasteiger partial charge in [-0.05, 0) is 81.0 Å². The zero-order valence-corrected chi connectivity index (χ0v) is 17.6. The lowest BCUT2D eigenvalue weighted by atomic mass is 9.57. The number of nitriles is 1. The minimum atomic E-state index is 0.0485. The summed E-state index contributed by atoms with van der Waals surface area (Å²) in [7, 11) is 0. The fraction of sp³-hybridized carbons (Fsp3) is 0.960. The first-order chi connectivity index (χ1) is 12.7. The summed E-state index contributed by atoms with van der Waals surface area (Å²) in [5, 5.41) is 10.1. The fourth-order valence-electron chi connectivity index (χ4n) is 6.80. The molecule has 0 atom stereocenters. The summed E-state index contributed by atoms with van der Waals surface area (Å²) in [6.07, 6.45) is 22.1. The average Bonchev–Trinajstić information content (AvgIpc) is 2.73. The van der Waals surface area contributed by atoms with E-state index in [2.05, 4.69) is 19.9 Å². The molecule has 3 saturated carbocycles. The maximum absolute atomic E-state index is 10.1. The molecule has 1 heteroatoms. The Kier molecular flexibility index (Phi) is 7.48. The summed E-state index contributed by atoms with van der Waals surface area (Å²) in [6.45, 7) is 4.67. The van der Waals surface area contributed by atoms with Crippen molar-refractivity contribution >= 4 is 0 Å². The van der Waals surface area contributed by atoms with Crippen molar-refractivity contribution in [1.29, 1.82) is 5.26 Å². The monoisotopic (exact) mass is 357 g/mol. The standard InChI is InChI=1S/C25H43N/c1-3-5-6-21-9-13-24(14-10-21)25(19-26)17-15-23(16-18-25)22-11-7-20(4-2)8-12-22/h20-24H,3-18H2,1-2H3. The van der Waals surface area contributed by atoms with Gasteiger partial charge in [0.1, 0.15) is 0 Å². The van der Waals surface area contributed by atoms with Crippen molar-refractivity contribution < 1.29 is 0 Å². The Morgan fingerprint density at radius 1 is 0.769 bits per heavy atom. The first kappa shape index (κ1) is 20.2. The number of hydrogen-bond donors (Lipinski definition) is 0. The van der Waals surface area contributed by atoms with E-state index < -0.39 is 0 Å². The van der Waals surface area contributed by atoms with Gasteiger partial charge in [0.25, 0.3) is 0 Å². The second kappa shape index (κ2) is 9.61. The summed E-state index contributed by atoms with van der Waals surface area (Å²) in [4.78, 5) is 0. The van der Waals surface area contributed by atoms with E-state index in [0.717, 1.165) is 23.7 Å². The zero-order valence-electron chi connectivity index (χ0n) is 17.6. The highest BCUT2D eigenvalue weighted by molar-refractivity contribution is 5.06. The van der Waals surface area contributed by atoms with Gasteiger partial charge in [0, 0.05) is 0 Å². The van der Waals surface area contributed by atoms with Crippen LogP contribution in [0.5, 0.6) is 0 Å². The molecule has 0 spiro atoms. The summed E-state index contributed by atoms with van der Waals surface area (Å²) in [5.74, 6) is 4.61. The van der Waals surface area contributed by atoms with Gasteiger partial charge in [-0.2, -0.15) is 5.26 Å². The molecule has 3 rings (SSSR count). The largest absolute Gasteiger partial charge is 0.198 e. The highest BCUT2D eigenvalue weighted by Crippen LogP contribution is 2.52. The van der Waals surface area contributed by atoms with Crippen molar-refractivity contribution in [2.24, 2.45) is 35.0 Å². The highest BCUT2D eigenvalue weighted by atomic mass is 14.5. The van der Waals surface area contributed by atoms with E-state index in [4.69, 9.17) is 0 Å². The number of rotatable bonds is 6. The van der Waals surface area contributed by atoms with Crippen molar-refractivity contribution in [3.8, 4) is 6.07 Å². The van der Waals surface area contributed by atoms with E-state index in [1.165, 1.54) is 103 Å². The van der Waals surface area contributed by atoms with Gasteiger partial charge in [-0.25, -0.2) is 0 Å². The second-order valence-electron chi connectivity index (χ2n) is 10.2. The lowest BCUT2D eigenvalue weighted by Crippen LogP contribution is -2.38. The number of unbranched alkanes of at least 4 members (excludes halogenated alkanes) is 1. The first-order valence-corrected chi connectivity index (χ1v) is 12.1. The number of hydrogen-bond acceptors (Lipinski definition) is 1. The lowest BCUT2D eigenvalue weighted by molar-refractivity contribution is 0.0605. The quantitative estimate of drug-likeness (QED) is 0.474. The SMILES string of the molecule is CCCCC1CCC(C2(C#N)CCC(C3CCC(CC)CC3)CC2)CC1. The molecule has 0 aliphatic heterocycles. The molecule has 0 aromatic carbocycles. The second-order valence-corrected chi connectivity index (χ2v) is 10.2. The van der Waals surface area contributed by atoms with Gasteiger partial charge in [-0.3, -0.25) is 0 Å². The lowest BCUT2D eigenvalue weighted by Gasteiger charge is -2.45. The molecule has 0 aromatic rings. The smallest absolute Gasteiger partial charge is 0.0692 e. The van der Waals surface area contributed by atoms with Crippen LogP contribution in [0.4, 0.5) is 0 Å². The Morgan fingerprint density at radius 3 is 1.88 bits per heavy atom. The Balaban J connectivity index is 1.48. The van der Waals surface area contributed by atoms with Crippen LogP contribution in [0.3, 0.4) is 0 Å². The van der Waals surface area contributed by atoms with Crippen LogP contribution >= 0.6 is 0 Å². The molecule has 0 aromatic heterocycles. The Morgan fingerprint density at radius 2 is 1.35 bits per heavy atom. The molecular formula is C25H43N. The first-order valence-electron chi connectivity index (χ1n) is 12.1. The molecule has 0 heterocycles. The van der Waals surface area contributed by atoms with Gasteiger partial charge in [0.05, 0.1) is 11.5 Å². The average molecular weight is 358 g/mol. The maximum atomic E-state index is 10.1.